The fourth-order valence-corrected chi connectivity index (χ4v) is 4.14. The molecule has 1 N–H and O–H groups in total. The van der Waals surface area contributed by atoms with Crippen molar-refractivity contribution in [3.63, 3.8) is 0 Å². The largest absolute Gasteiger partial charge is 0.494 e. The van der Waals surface area contributed by atoms with E-state index in [1.165, 1.54) is 0 Å². The van der Waals surface area contributed by atoms with Gasteiger partial charge in [0.05, 0.1) is 11.2 Å². The van der Waals surface area contributed by atoms with E-state index in [0.29, 0.717) is 12.5 Å². The van der Waals surface area contributed by atoms with Gasteiger partial charge in [0, 0.05) is 6.54 Å². The Kier molecular flexibility index (Phi) is 8.23. The van der Waals surface area contributed by atoms with Gasteiger partial charge in [-0.1, -0.05) is 50.3 Å². The second-order valence-corrected chi connectivity index (χ2v) is 10.6. The van der Waals surface area contributed by atoms with Gasteiger partial charge in [-0.2, -0.15) is 0 Å². The summed E-state index contributed by atoms with van der Waals surface area (Å²) >= 11 is 0. The number of carbonyl (C=O) groups excluding carboxylic acids is 1. The number of esters is 1. The van der Waals surface area contributed by atoms with Gasteiger partial charge in [0.25, 0.3) is 0 Å². The molecule has 2 fully saturated rings. The Labute approximate surface area is 194 Å². The van der Waals surface area contributed by atoms with Gasteiger partial charge in [0.15, 0.2) is 0 Å². The van der Waals surface area contributed by atoms with E-state index in [9.17, 15) is 4.79 Å². The lowest BCUT2D eigenvalue weighted by Gasteiger charge is -2.32. The lowest BCUT2D eigenvalue weighted by molar-refractivity contribution is -0.151. The van der Waals surface area contributed by atoms with Crippen LogP contribution in [0.15, 0.2) is 30.3 Å². The highest BCUT2D eigenvalue weighted by atomic mass is 16.7. The lowest BCUT2D eigenvalue weighted by atomic mass is 9.79. The van der Waals surface area contributed by atoms with Crippen molar-refractivity contribution in [2.75, 3.05) is 6.54 Å². The molecule has 0 bridgehead atoms. The molecule has 0 unspecified atom stereocenters. The van der Waals surface area contributed by atoms with Crippen molar-refractivity contribution >= 4 is 24.6 Å². The van der Waals surface area contributed by atoms with Gasteiger partial charge in [-0.25, -0.2) is 0 Å². The normalized spacial score (nSPS) is 21.5. The highest BCUT2D eigenvalue weighted by molar-refractivity contribution is 6.62. The van der Waals surface area contributed by atoms with Crippen LogP contribution in [0, 0.1) is 5.92 Å². The smallest absolute Gasteiger partial charge is 0.461 e. The van der Waals surface area contributed by atoms with Crippen LogP contribution in [0.3, 0.4) is 0 Å². The highest BCUT2D eigenvalue weighted by Crippen LogP contribution is 2.36. The summed E-state index contributed by atoms with van der Waals surface area (Å²) in [6.07, 6.45) is 9.34. The minimum atomic E-state index is -0.345. The van der Waals surface area contributed by atoms with Crippen LogP contribution < -0.4 is 10.8 Å². The third kappa shape index (κ3) is 6.46. The van der Waals surface area contributed by atoms with Crippen molar-refractivity contribution in [2.45, 2.75) is 97.0 Å². The molecule has 1 heterocycles. The topological polar surface area (TPSA) is 56.8 Å². The van der Waals surface area contributed by atoms with Gasteiger partial charge < -0.3 is 19.4 Å². The van der Waals surface area contributed by atoms with Gasteiger partial charge in [0.2, 0.25) is 0 Å². The van der Waals surface area contributed by atoms with E-state index in [-0.39, 0.29) is 36.4 Å². The standard InChI is InChI=1S/C26H40BNO4/c1-19(2)18-23(24(29)30-22-11-7-8-12-22)28-17-9-10-20-13-15-21(16-14-20)27-31-25(3,4)26(5,6)32-27/h9-10,13-16,19,22-23,28H,7-8,11-12,17-18H2,1-6H3/b10-9+/t23-/m1/s1. The first kappa shape index (κ1) is 25.0. The molecule has 0 radical (unpaired) electrons. The second kappa shape index (κ2) is 10.5. The van der Waals surface area contributed by atoms with E-state index in [2.05, 4.69) is 83.3 Å². The summed E-state index contributed by atoms with van der Waals surface area (Å²) in [7, 11) is -0.345. The number of ether oxygens (including phenoxy) is 1. The summed E-state index contributed by atoms with van der Waals surface area (Å²) in [4.78, 5) is 12.6. The molecule has 1 aliphatic carbocycles. The number of benzene rings is 1. The first-order valence-corrected chi connectivity index (χ1v) is 12.1. The van der Waals surface area contributed by atoms with Crippen molar-refractivity contribution < 1.29 is 18.8 Å². The first-order valence-electron chi connectivity index (χ1n) is 12.1. The van der Waals surface area contributed by atoms with Gasteiger partial charge in [-0.05, 0) is 76.7 Å². The van der Waals surface area contributed by atoms with Crippen LogP contribution in [0.5, 0.6) is 0 Å². The Balaban J connectivity index is 1.51. The summed E-state index contributed by atoms with van der Waals surface area (Å²) in [5.41, 5.74) is 1.44. The number of carbonyl (C=O) groups is 1. The fourth-order valence-electron chi connectivity index (χ4n) is 4.14. The molecule has 3 rings (SSSR count). The third-order valence-electron chi connectivity index (χ3n) is 6.83. The van der Waals surface area contributed by atoms with Gasteiger partial charge >= 0.3 is 13.1 Å². The van der Waals surface area contributed by atoms with Crippen molar-refractivity contribution in [3.05, 3.63) is 35.9 Å². The maximum atomic E-state index is 12.6. The molecule has 1 aromatic carbocycles. The molecule has 1 aliphatic heterocycles. The van der Waals surface area contributed by atoms with Gasteiger partial charge in [0.1, 0.15) is 12.1 Å². The predicted molar refractivity (Wildman–Crippen MR) is 131 cm³/mol. The van der Waals surface area contributed by atoms with Gasteiger partial charge in [-0.15, -0.1) is 0 Å². The zero-order valence-corrected chi connectivity index (χ0v) is 20.6. The van der Waals surface area contributed by atoms with E-state index in [1.807, 2.05) is 0 Å². The molecule has 1 atom stereocenters. The van der Waals surface area contributed by atoms with E-state index < -0.39 is 0 Å². The van der Waals surface area contributed by atoms with Crippen LogP contribution in [-0.2, 0) is 18.8 Å². The Morgan fingerprint density at radius 2 is 1.72 bits per heavy atom. The molecule has 6 heteroatoms. The number of hydrogen-bond acceptors (Lipinski definition) is 5. The number of rotatable bonds is 9. The van der Waals surface area contributed by atoms with Crippen molar-refractivity contribution in [2.24, 2.45) is 5.92 Å². The van der Waals surface area contributed by atoms with E-state index in [0.717, 1.165) is 43.1 Å². The molecule has 32 heavy (non-hydrogen) atoms. The van der Waals surface area contributed by atoms with Crippen LogP contribution >= 0.6 is 0 Å². The summed E-state index contributed by atoms with van der Waals surface area (Å²) in [5.74, 6) is 0.320. The van der Waals surface area contributed by atoms with Gasteiger partial charge in [-0.3, -0.25) is 4.79 Å². The van der Waals surface area contributed by atoms with Crippen LogP contribution in [0.4, 0.5) is 0 Å². The molecular weight excluding hydrogens is 401 g/mol. The minimum Gasteiger partial charge on any atom is -0.461 e. The second-order valence-electron chi connectivity index (χ2n) is 10.6. The van der Waals surface area contributed by atoms with E-state index in [1.54, 1.807) is 0 Å². The van der Waals surface area contributed by atoms with Crippen molar-refractivity contribution in [3.8, 4) is 0 Å². The van der Waals surface area contributed by atoms with Crippen molar-refractivity contribution in [1.82, 2.24) is 5.32 Å². The molecule has 1 saturated heterocycles. The maximum absolute atomic E-state index is 12.6. The molecule has 0 amide bonds. The first-order chi connectivity index (χ1) is 15.1. The quantitative estimate of drug-likeness (QED) is 0.452. The molecule has 2 aliphatic rings. The van der Waals surface area contributed by atoms with Crippen molar-refractivity contribution in [1.29, 1.82) is 0 Å². The van der Waals surface area contributed by atoms with E-state index >= 15 is 0 Å². The fraction of sp³-hybridized carbons (Fsp3) is 0.654. The Bertz CT molecular complexity index is 766. The third-order valence-corrected chi connectivity index (χ3v) is 6.83. The molecule has 1 aromatic rings. The number of hydrogen-bond donors (Lipinski definition) is 1. The highest BCUT2D eigenvalue weighted by Gasteiger charge is 2.51. The molecule has 0 aromatic heterocycles. The zero-order valence-electron chi connectivity index (χ0n) is 20.6. The average molecular weight is 441 g/mol. The summed E-state index contributed by atoms with van der Waals surface area (Å²) in [5, 5.41) is 3.37. The van der Waals surface area contributed by atoms with Crippen LogP contribution in [0.2, 0.25) is 0 Å². The predicted octanol–water partition coefficient (Wildman–Crippen LogP) is 4.49. The van der Waals surface area contributed by atoms with Crippen LogP contribution in [0.1, 0.15) is 79.2 Å². The van der Waals surface area contributed by atoms with Crippen LogP contribution in [-0.4, -0.2) is 43.0 Å². The average Bonchev–Trinajstić information content (AvgIpc) is 3.29. The van der Waals surface area contributed by atoms with E-state index in [4.69, 9.17) is 14.0 Å². The lowest BCUT2D eigenvalue weighted by Crippen LogP contribution is -2.41. The molecule has 0 spiro atoms. The maximum Gasteiger partial charge on any atom is 0.494 e. The molecule has 5 nitrogen and oxygen atoms in total. The summed E-state index contributed by atoms with van der Waals surface area (Å²) in [6, 6.07) is 7.98. The minimum absolute atomic E-state index is 0.106. The molecule has 1 saturated carbocycles. The Hall–Kier alpha value is -1.63. The molecule has 176 valence electrons. The zero-order chi connectivity index (χ0) is 23.4. The monoisotopic (exact) mass is 441 g/mol. The SMILES string of the molecule is CC(C)C[C@@H](NC/C=C/c1ccc(B2OC(C)(C)C(C)(C)O2)cc1)C(=O)OC1CCCC1. The van der Waals surface area contributed by atoms with Crippen LogP contribution in [0.25, 0.3) is 6.08 Å². The Morgan fingerprint density at radius 3 is 2.28 bits per heavy atom. The summed E-state index contributed by atoms with van der Waals surface area (Å²) < 4.78 is 18.0. The molecular formula is C26H40BNO4. The summed E-state index contributed by atoms with van der Waals surface area (Å²) in [6.45, 7) is 13.1. The Morgan fingerprint density at radius 1 is 1.12 bits per heavy atom. The number of nitrogens with one attached hydrogen (secondary N) is 1.